The Hall–Kier alpha value is -3.05. The van der Waals surface area contributed by atoms with E-state index < -0.39 is 17.4 Å². The molecule has 1 aliphatic heterocycles. The van der Waals surface area contributed by atoms with Crippen LogP contribution in [-0.4, -0.2) is 46.2 Å². The summed E-state index contributed by atoms with van der Waals surface area (Å²) in [7, 11) is 0. The minimum absolute atomic E-state index is 0.0329. The SMILES string of the molecule is CCn1cc(C(=O)N[C@H](CCSC)C(=O)Nc2nccs2)c(=O)c2cc3c(cc21)OCO3. The van der Waals surface area contributed by atoms with Crippen molar-refractivity contribution < 1.29 is 19.1 Å². The lowest BCUT2D eigenvalue weighted by Gasteiger charge is -2.18. The molecule has 9 nitrogen and oxygen atoms in total. The first kappa shape index (κ1) is 22.2. The number of benzene rings is 1. The van der Waals surface area contributed by atoms with Crippen molar-refractivity contribution in [3.8, 4) is 11.5 Å². The molecule has 0 saturated heterocycles. The number of thioether (sulfide) groups is 1. The van der Waals surface area contributed by atoms with Gasteiger partial charge in [0.05, 0.1) is 10.9 Å². The molecular weight excluding hydrogens is 452 g/mol. The highest BCUT2D eigenvalue weighted by Gasteiger charge is 2.25. The minimum Gasteiger partial charge on any atom is -0.454 e. The summed E-state index contributed by atoms with van der Waals surface area (Å²) in [5.41, 5.74) is 0.192. The maximum atomic E-state index is 13.2. The molecule has 2 amide bonds. The van der Waals surface area contributed by atoms with Crippen molar-refractivity contribution in [2.75, 3.05) is 24.1 Å². The normalized spacial score (nSPS) is 13.2. The van der Waals surface area contributed by atoms with Crippen molar-refractivity contribution in [2.24, 2.45) is 0 Å². The molecule has 3 aromatic rings. The predicted molar refractivity (Wildman–Crippen MR) is 125 cm³/mol. The van der Waals surface area contributed by atoms with Crippen molar-refractivity contribution in [3.05, 3.63) is 45.7 Å². The number of fused-ring (bicyclic) bond motifs is 2. The largest absolute Gasteiger partial charge is 0.454 e. The van der Waals surface area contributed by atoms with Gasteiger partial charge in [0.25, 0.3) is 5.91 Å². The lowest BCUT2D eigenvalue weighted by molar-refractivity contribution is -0.118. The van der Waals surface area contributed by atoms with E-state index in [2.05, 4.69) is 15.6 Å². The van der Waals surface area contributed by atoms with E-state index >= 15 is 0 Å². The molecule has 11 heteroatoms. The van der Waals surface area contributed by atoms with E-state index in [1.807, 2.05) is 13.2 Å². The quantitative estimate of drug-likeness (QED) is 0.516. The second-order valence-electron chi connectivity index (χ2n) is 7.01. The van der Waals surface area contributed by atoms with Gasteiger partial charge in [-0.1, -0.05) is 0 Å². The fourth-order valence-electron chi connectivity index (χ4n) is 3.42. The van der Waals surface area contributed by atoms with Crippen LogP contribution in [0.1, 0.15) is 23.7 Å². The zero-order valence-corrected chi connectivity index (χ0v) is 19.2. The molecule has 2 N–H and O–H groups in total. The fraction of sp³-hybridized carbons (Fsp3) is 0.333. The summed E-state index contributed by atoms with van der Waals surface area (Å²) < 4.78 is 12.6. The Kier molecular flexibility index (Phi) is 6.66. The maximum Gasteiger partial charge on any atom is 0.257 e. The summed E-state index contributed by atoms with van der Waals surface area (Å²) in [6, 6.07) is 2.54. The molecule has 0 unspecified atom stereocenters. The third-order valence-corrected chi connectivity index (χ3v) is 6.39. The van der Waals surface area contributed by atoms with Gasteiger partial charge in [-0.25, -0.2) is 4.98 Å². The number of nitrogens with zero attached hydrogens (tertiary/aromatic N) is 2. The molecule has 1 aliphatic rings. The average Bonchev–Trinajstić information content (AvgIpc) is 3.47. The molecule has 1 atom stereocenters. The summed E-state index contributed by atoms with van der Waals surface area (Å²) >= 11 is 2.85. The second-order valence-corrected chi connectivity index (χ2v) is 8.89. The highest BCUT2D eigenvalue weighted by molar-refractivity contribution is 7.98. The van der Waals surface area contributed by atoms with Crippen LogP contribution < -0.4 is 25.5 Å². The van der Waals surface area contributed by atoms with E-state index in [9.17, 15) is 14.4 Å². The number of ether oxygens (including phenoxy) is 2. The predicted octanol–water partition coefficient (Wildman–Crippen LogP) is 2.70. The number of thiazole rings is 1. The lowest BCUT2D eigenvalue weighted by Crippen LogP contribution is -2.45. The van der Waals surface area contributed by atoms with Crippen LogP contribution in [0.5, 0.6) is 11.5 Å². The maximum absolute atomic E-state index is 13.2. The third-order valence-electron chi connectivity index (χ3n) is 5.05. The molecule has 4 rings (SSSR count). The van der Waals surface area contributed by atoms with Crippen molar-refractivity contribution in [3.63, 3.8) is 0 Å². The summed E-state index contributed by atoms with van der Waals surface area (Å²) in [5.74, 6) is 0.721. The number of hydrogen-bond donors (Lipinski definition) is 2. The molecule has 3 heterocycles. The Bertz CT molecular complexity index is 1210. The summed E-state index contributed by atoms with van der Waals surface area (Å²) in [6.45, 7) is 2.54. The monoisotopic (exact) mass is 474 g/mol. The molecule has 168 valence electrons. The Morgan fingerprint density at radius 3 is 2.78 bits per heavy atom. The number of carbonyl (C=O) groups is 2. The van der Waals surface area contributed by atoms with E-state index in [-0.39, 0.29) is 18.3 Å². The summed E-state index contributed by atoms with van der Waals surface area (Å²) in [5, 5.41) is 8.01. The Morgan fingerprint density at radius 1 is 1.31 bits per heavy atom. The van der Waals surface area contributed by atoms with Crippen LogP contribution in [-0.2, 0) is 11.3 Å². The fourth-order valence-corrected chi connectivity index (χ4v) is 4.42. The topological polar surface area (TPSA) is 112 Å². The van der Waals surface area contributed by atoms with E-state index in [1.54, 1.807) is 40.0 Å². The molecule has 0 fully saturated rings. The van der Waals surface area contributed by atoms with Gasteiger partial charge in [-0.2, -0.15) is 11.8 Å². The summed E-state index contributed by atoms with van der Waals surface area (Å²) in [6.07, 6.45) is 5.44. The van der Waals surface area contributed by atoms with E-state index in [0.29, 0.717) is 46.3 Å². The van der Waals surface area contributed by atoms with Crippen LogP contribution in [0.25, 0.3) is 10.9 Å². The zero-order chi connectivity index (χ0) is 22.7. The number of rotatable bonds is 8. The van der Waals surface area contributed by atoms with Crippen LogP contribution in [0.2, 0.25) is 0 Å². The number of hydrogen-bond acceptors (Lipinski definition) is 8. The van der Waals surface area contributed by atoms with Crippen LogP contribution in [0.15, 0.2) is 34.7 Å². The van der Waals surface area contributed by atoms with Gasteiger partial charge >= 0.3 is 0 Å². The zero-order valence-electron chi connectivity index (χ0n) is 17.5. The number of anilines is 1. The summed E-state index contributed by atoms with van der Waals surface area (Å²) in [4.78, 5) is 43.1. The molecule has 2 aromatic heterocycles. The lowest BCUT2D eigenvalue weighted by atomic mass is 10.1. The van der Waals surface area contributed by atoms with Crippen LogP contribution in [0.4, 0.5) is 5.13 Å². The van der Waals surface area contributed by atoms with E-state index in [0.717, 1.165) is 0 Å². The number of carbonyl (C=O) groups excluding carboxylic acids is 2. The van der Waals surface area contributed by atoms with Crippen molar-refractivity contribution in [2.45, 2.75) is 25.9 Å². The first-order chi connectivity index (χ1) is 15.5. The van der Waals surface area contributed by atoms with Gasteiger partial charge in [0, 0.05) is 30.4 Å². The van der Waals surface area contributed by atoms with Gasteiger partial charge < -0.3 is 24.7 Å². The molecule has 0 saturated carbocycles. The van der Waals surface area contributed by atoms with Gasteiger partial charge in [-0.05, 0) is 31.4 Å². The molecule has 0 bridgehead atoms. The van der Waals surface area contributed by atoms with Crippen LogP contribution in [0, 0.1) is 0 Å². The highest BCUT2D eigenvalue weighted by Crippen LogP contribution is 2.35. The Labute approximate surface area is 192 Å². The second kappa shape index (κ2) is 9.61. The molecule has 1 aromatic carbocycles. The van der Waals surface area contributed by atoms with Crippen molar-refractivity contribution in [1.82, 2.24) is 14.9 Å². The molecule has 32 heavy (non-hydrogen) atoms. The Balaban J connectivity index is 1.65. The van der Waals surface area contributed by atoms with Crippen LogP contribution in [0.3, 0.4) is 0 Å². The highest BCUT2D eigenvalue weighted by atomic mass is 32.2. The number of aryl methyl sites for hydroxylation is 1. The van der Waals surface area contributed by atoms with Gasteiger partial charge in [-0.15, -0.1) is 11.3 Å². The molecule has 0 radical (unpaired) electrons. The number of aromatic nitrogens is 2. The van der Waals surface area contributed by atoms with E-state index in [4.69, 9.17) is 9.47 Å². The van der Waals surface area contributed by atoms with Gasteiger partial charge in [0.2, 0.25) is 18.1 Å². The van der Waals surface area contributed by atoms with Crippen LogP contribution >= 0.6 is 23.1 Å². The average molecular weight is 475 g/mol. The van der Waals surface area contributed by atoms with Crippen molar-refractivity contribution in [1.29, 1.82) is 0 Å². The van der Waals surface area contributed by atoms with E-state index in [1.165, 1.54) is 17.5 Å². The minimum atomic E-state index is -0.805. The first-order valence-corrected chi connectivity index (χ1v) is 12.3. The number of nitrogens with one attached hydrogen (secondary N) is 2. The first-order valence-electron chi connectivity index (χ1n) is 9.98. The number of pyridine rings is 1. The molecule has 0 aliphatic carbocycles. The number of amides is 2. The van der Waals surface area contributed by atoms with Gasteiger partial charge in [-0.3, -0.25) is 14.4 Å². The van der Waals surface area contributed by atoms with Crippen molar-refractivity contribution >= 4 is 50.9 Å². The molecule has 0 spiro atoms. The standard InChI is InChI=1S/C21H22N4O5S2/c1-3-25-10-13(18(26)12-8-16-17(9-15(12)25)30-11-29-16)19(27)23-14(4-6-31-2)20(28)24-21-22-5-7-32-21/h5,7-10,14H,3-4,6,11H2,1-2H3,(H,23,27)(H,22,24,28)/t14-/m1/s1. The Morgan fingerprint density at radius 2 is 2.09 bits per heavy atom. The molecular formula is C21H22N4O5S2. The smallest absolute Gasteiger partial charge is 0.257 e. The van der Waals surface area contributed by atoms with Gasteiger partial charge in [0.1, 0.15) is 11.6 Å². The van der Waals surface area contributed by atoms with Gasteiger partial charge in [0.15, 0.2) is 16.6 Å². The third kappa shape index (κ3) is 4.44.